The number of hydrogen-bond acceptors (Lipinski definition) is 3. The number of rotatable bonds is 8. The highest BCUT2D eigenvalue weighted by Gasteiger charge is 2.14. The minimum atomic E-state index is -0.373. The smallest absolute Gasteiger partial charge is 0.0802 e. The maximum Gasteiger partial charge on any atom is 0.0802 e. The summed E-state index contributed by atoms with van der Waals surface area (Å²) in [6.45, 7) is 3.15. The van der Waals surface area contributed by atoms with Crippen LogP contribution in [-0.2, 0) is 0 Å². The summed E-state index contributed by atoms with van der Waals surface area (Å²) in [6, 6.07) is 8.52. The van der Waals surface area contributed by atoms with Crippen LogP contribution in [0.4, 0.5) is 0 Å². The van der Waals surface area contributed by atoms with Crippen LogP contribution in [0, 0.1) is 0 Å². The van der Waals surface area contributed by atoms with Crippen LogP contribution >= 0.6 is 27.7 Å². The predicted octanol–water partition coefficient (Wildman–Crippen LogP) is 3.95. The Hall–Kier alpha value is -0.0300. The first-order chi connectivity index (χ1) is 9.08. The zero-order valence-corrected chi connectivity index (χ0v) is 14.4. The lowest BCUT2D eigenvalue weighted by Crippen LogP contribution is -2.34. The molecule has 0 aliphatic rings. The summed E-state index contributed by atoms with van der Waals surface area (Å²) in [4.78, 5) is 2.36. The zero-order chi connectivity index (χ0) is 14.3. The van der Waals surface area contributed by atoms with E-state index in [1.807, 2.05) is 36.0 Å². The van der Waals surface area contributed by atoms with Crippen molar-refractivity contribution in [2.75, 3.05) is 25.6 Å². The molecule has 0 saturated heterocycles. The van der Waals surface area contributed by atoms with E-state index >= 15 is 0 Å². The van der Waals surface area contributed by atoms with E-state index in [0.29, 0.717) is 6.04 Å². The third-order valence-electron chi connectivity index (χ3n) is 3.46. The lowest BCUT2D eigenvalue weighted by Gasteiger charge is -2.27. The molecule has 0 saturated carbocycles. The van der Waals surface area contributed by atoms with Crippen molar-refractivity contribution in [3.8, 4) is 0 Å². The Morgan fingerprint density at radius 3 is 2.47 bits per heavy atom. The van der Waals surface area contributed by atoms with E-state index in [4.69, 9.17) is 0 Å². The summed E-state index contributed by atoms with van der Waals surface area (Å²) in [5.74, 6) is 1.15. The quantitative estimate of drug-likeness (QED) is 0.771. The van der Waals surface area contributed by atoms with Gasteiger partial charge in [-0.2, -0.15) is 11.8 Å². The van der Waals surface area contributed by atoms with Crippen LogP contribution in [0.3, 0.4) is 0 Å². The van der Waals surface area contributed by atoms with Gasteiger partial charge in [0.15, 0.2) is 0 Å². The molecule has 0 fully saturated rings. The average Bonchev–Trinajstić information content (AvgIpc) is 2.42. The van der Waals surface area contributed by atoms with Gasteiger partial charge in [-0.05, 0) is 43.8 Å². The zero-order valence-electron chi connectivity index (χ0n) is 12.0. The summed E-state index contributed by atoms with van der Waals surface area (Å²) in [6.07, 6.45) is 3.71. The van der Waals surface area contributed by atoms with E-state index in [0.717, 1.165) is 35.2 Å². The first-order valence-electron chi connectivity index (χ1n) is 6.71. The van der Waals surface area contributed by atoms with Crippen molar-refractivity contribution in [2.45, 2.75) is 31.9 Å². The van der Waals surface area contributed by atoms with Crippen molar-refractivity contribution in [1.82, 2.24) is 4.90 Å². The molecule has 0 aliphatic carbocycles. The van der Waals surface area contributed by atoms with Crippen molar-refractivity contribution >= 4 is 27.7 Å². The van der Waals surface area contributed by atoms with Gasteiger partial charge >= 0.3 is 0 Å². The maximum absolute atomic E-state index is 10.2. The number of halogens is 1. The minimum Gasteiger partial charge on any atom is -0.388 e. The fraction of sp³-hybridized carbons (Fsp3) is 0.600. The molecule has 0 amide bonds. The molecule has 2 atom stereocenters. The fourth-order valence-corrected chi connectivity index (χ4v) is 3.25. The summed E-state index contributed by atoms with van der Waals surface area (Å²) < 4.78 is 1.05. The molecule has 0 heterocycles. The molecule has 0 aromatic heterocycles. The van der Waals surface area contributed by atoms with Gasteiger partial charge in [-0.25, -0.2) is 0 Å². The van der Waals surface area contributed by atoms with Crippen molar-refractivity contribution in [3.63, 3.8) is 0 Å². The summed E-state index contributed by atoms with van der Waals surface area (Å²) in [7, 11) is 2.15. The highest BCUT2D eigenvalue weighted by Crippen LogP contribution is 2.20. The largest absolute Gasteiger partial charge is 0.388 e. The molecule has 1 rings (SSSR count). The lowest BCUT2D eigenvalue weighted by atomic mass is 10.1. The maximum atomic E-state index is 10.2. The Morgan fingerprint density at radius 2 is 1.95 bits per heavy atom. The number of benzene rings is 1. The van der Waals surface area contributed by atoms with Crippen LogP contribution in [-0.4, -0.2) is 41.6 Å². The van der Waals surface area contributed by atoms with Crippen molar-refractivity contribution < 1.29 is 5.11 Å². The van der Waals surface area contributed by atoms with Crippen LogP contribution in [0.15, 0.2) is 28.7 Å². The van der Waals surface area contributed by atoms with E-state index in [1.54, 1.807) is 0 Å². The van der Waals surface area contributed by atoms with Crippen LogP contribution in [0.1, 0.15) is 31.4 Å². The highest BCUT2D eigenvalue weighted by molar-refractivity contribution is 9.10. The molecule has 1 aromatic carbocycles. The standard InChI is InChI=1S/C15H24BrNOS/c1-4-14(11-19-3)17(2)10-9-15(18)12-5-7-13(16)8-6-12/h5-8,14-15,18H,4,9-11H2,1-3H3. The molecule has 2 unspecified atom stereocenters. The van der Waals surface area contributed by atoms with Gasteiger partial charge in [0.1, 0.15) is 0 Å². The topological polar surface area (TPSA) is 23.5 Å². The number of aliphatic hydroxyl groups excluding tert-OH is 1. The van der Waals surface area contributed by atoms with Gasteiger partial charge in [0.2, 0.25) is 0 Å². The van der Waals surface area contributed by atoms with Crippen LogP contribution in [0.2, 0.25) is 0 Å². The van der Waals surface area contributed by atoms with E-state index in [1.165, 1.54) is 0 Å². The first-order valence-corrected chi connectivity index (χ1v) is 8.89. The second-order valence-electron chi connectivity index (χ2n) is 4.85. The molecular formula is C15H24BrNOS. The molecule has 0 aliphatic heterocycles. The summed E-state index contributed by atoms with van der Waals surface area (Å²) in [5, 5.41) is 10.2. The van der Waals surface area contributed by atoms with Crippen molar-refractivity contribution in [2.24, 2.45) is 0 Å². The van der Waals surface area contributed by atoms with E-state index in [-0.39, 0.29) is 6.10 Å². The number of aliphatic hydroxyl groups is 1. The van der Waals surface area contributed by atoms with Crippen molar-refractivity contribution in [3.05, 3.63) is 34.3 Å². The third-order valence-corrected chi connectivity index (χ3v) is 4.71. The Labute approximate surface area is 129 Å². The molecule has 0 bridgehead atoms. The highest BCUT2D eigenvalue weighted by atomic mass is 79.9. The van der Waals surface area contributed by atoms with Crippen LogP contribution < -0.4 is 0 Å². The van der Waals surface area contributed by atoms with Gasteiger partial charge in [-0.3, -0.25) is 0 Å². The second-order valence-corrected chi connectivity index (χ2v) is 6.68. The monoisotopic (exact) mass is 345 g/mol. The second kappa shape index (κ2) is 9.01. The first kappa shape index (κ1) is 17.0. The molecular weight excluding hydrogens is 322 g/mol. The SMILES string of the molecule is CCC(CSC)N(C)CCC(O)c1ccc(Br)cc1. The molecule has 1 N–H and O–H groups in total. The van der Waals surface area contributed by atoms with Crippen molar-refractivity contribution in [1.29, 1.82) is 0 Å². The normalized spacial score (nSPS) is 14.6. The van der Waals surface area contributed by atoms with Gasteiger partial charge in [0.05, 0.1) is 6.10 Å². The molecule has 0 spiro atoms. The predicted molar refractivity (Wildman–Crippen MR) is 88.8 cm³/mol. The Bertz CT molecular complexity index is 358. The van der Waals surface area contributed by atoms with Gasteiger partial charge in [0.25, 0.3) is 0 Å². The fourth-order valence-electron chi connectivity index (χ4n) is 2.11. The Morgan fingerprint density at radius 1 is 1.32 bits per heavy atom. The molecule has 1 aromatic rings. The minimum absolute atomic E-state index is 0.373. The summed E-state index contributed by atoms with van der Waals surface area (Å²) in [5.41, 5.74) is 0.995. The average molecular weight is 346 g/mol. The molecule has 2 nitrogen and oxygen atoms in total. The summed E-state index contributed by atoms with van der Waals surface area (Å²) >= 11 is 5.30. The molecule has 19 heavy (non-hydrogen) atoms. The molecule has 4 heteroatoms. The van der Waals surface area contributed by atoms with E-state index in [2.05, 4.69) is 41.1 Å². The van der Waals surface area contributed by atoms with Gasteiger partial charge in [-0.15, -0.1) is 0 Å². The Kier molecular flexibility index (Phi) is 8.07. The number of thioether (sulfide) groups is 1. The van der Waals surface area contributed by atoms with E-state index < -0.39 is 0 Å². The molecule has 0 radical (unpaired) electrons. The van der Waals surface area contributed by atoms with Gasteiger partial charge in [0, 0.05) is 22.8 Å². The number of nitrogens with zero attached hydrogens (tertiary/aromatic N) is 1. The number of hydrogen-bond donors (Lipinski definition) is 1. The third kappa shape index (κ3) is 5.86. The van der Waals surface area contributed by atoms with Crippen LogP contribution in [0.5, 0.6) is 0 Å². The lowest BCUT2D eigenvalue weighted by molar-refractivity contribution is 0.139. The van der Waals surface area contributed by atoms with E-state index in [9.17, 15) is 5.11 Å². The van der Waals surface area contributed by atoms with Crippen LogP contribution in [0.25, 0.3) is 0 Å². The Balaban J connectivity index is 2.44. The van der Waals surface area contributed by atoms with Gasteiger partial charge in [-0.1, -0.05) is 35.0 Å². The van der Waals surface area contributed by atoms with Gasteiger partial charge < -0.3 is 10.0 Å². The molecule has 108 valence electrons.